The maximum Gasteiger partial charge on any atom is 0.325 e. The third-order valence-electron chi connectivity index (χ3n) is 7.53. The van der Waals surface area contributed by atoms with Crippen LogP contribution in [0.25, 0.3) is 0 Å². The molecular formula is C21H32N2O3. The lowest BCUT2D eigenvalue weighted by molar-refractivity contribution is -0.147. The number of nitrogens with one attached hydrogen (secondary N) is 1. The summed E-state index contributed by atoms with van der Waals surface area (Å²) in [5.74, 6) is 2.03. The van der Waals surface area contributed by atoms with Crippen LogP contribution in [0, 0.1) is 23.2 Å². The lowest BCUT2D eigenvalue weighted by atomic mass is 9.48. The molecule has 5 rings (SSSR count). The van der Waals surface area contributed by atoms with Crippen LogP contribution in [0.3, 0.4) is 0 Å². The number of urea groups is 1. The van der Waals surface area contributed by atoms with Crippen molar-refractivity contribution in [3.8, 4) is 0 Å². The third kappa shape index (κ3) is 2.69. The van der Waals surface area contributed by atoms with E-state index in [1.807, 2.05) is 13.8 Å². The van der Waals surface area contributed by atoms with Gasteiger partial charge in [0.05, 0.1) is 6.54 Å². The van der Waals surface area contributed by atoms with E-state index in [1.54, 1.807) is 0 Å². The molecule has 4 saturated carbocycles. The summed E-state index contributed by atoms with van der Waals surface area (Å²) in [5, 5.41) is 2.93. The summed E-state index contributed by atoms with van der Waals surface area (Å²) in [6.45, 7) is 4.03. The van der Waals surface area contributed by atoms with Gasteiger partial charge in [0.25, 0.3) is 5.91 Å². The Labute approximate surface area is 156 Å². The Hall–Kier alpha value is -1.39. The van der Waals surface area contributed by atoms with E-state index in [4.69, 9.17) is 0 Å². The molecule has 1 heterocycles. The monoisotopic (exact) mass is 360 g/mol. The summed E-state index contributed by atoms with van der Waals surface area (Å²) in [5.41, 5.74) is -1.04. The minimum Gasteiger partial charge on any atom is -0.323 e. The lowest BCUT2D eigenvalue weighted by Gasteiger charge is -2.56. The second kappa shape index (κ2) is 6.35. The molecule has 5 heteroatoms. The van der Waals surface area contributed by atoms with Crippen LogP contribution < -0.4 is 5.32 Å². The molecule has 4 aliphatic carbocycles. The molecule has 0 radical (unpaired) electrons. The molecule has 26 heavy (non-hydrogen) atoms. The molecule has 0 unspecified atom stereocenters. The molecule has 0 spiro atoms. The normalized spacial score (nSPS) is 37.3. The van der Waals surface area contributed by atoms with E-state index in [-0.39, 0.29) is 29.7 Å². The van der Waals surface area contributed by atoms with Gasteiger partial charge in [-0.05, 0) is 69.1 Å². The van der Waals surface area contributed by atoms with E-state index in [0.717, 1.165) is 32.1 Å². The largest absolute Gasteiger partial charge is 0.325 e. The van der Waals surface area contributed by atoms with Crippen LogP contribution in [0.1, 0.15) is 78.1 Å². The Morgan fingerprint density at radius 2 is 1.50 bits per heavy atom. The summed E-state index contributed by atoms with van der Waals surface area (Å²) in [6, 6.07) is -0.366. The Morgan fingerprint density at radius 1 is 1.00 bits per heavy atom. The van der Waals surface area contributed by atoms with Crippen molar-refractivity contribution in [2.24, 2.45) is 23.2 Å². The van der Waals surface area contributed by atoms with Crippen LogP contribution in [-0.4, -0.2) is 34.7 Å². The number of amides is 3. The SMILES string of the molecule is CCCC1(CCC)NC(=O)N(CC(=O)C23CC4CC(CC(C4)C2)C3)C1=O. The minimum absolute atomic E-state index is 0.0218. The number of rotatable bonds is 7. The summed E-state index contributed by atoms with van der Waals surface area (Å²) < 4.78 is 0. The molecular weight excluding hydrogens is 328 g/mol. The van der Waals surface area contributed by atoms with E-state index in [0.29, 0.717) is 30.6 Å². The third-order valence-corrected chi connectivity index (χ3v) is 7.53. The highest BCUT2D eigenvalue weighted by atomic mass is 16.2. The van der Waals surface area contributed by atoms with Crippen LogP contribution in [0.5, 0.6) is 0 Å². The van der Waals surface area contributed by atoms with Gasteiger partial charge in [-0.1, -0.05) is 26.7 Å². The predicted octanol–water partition coefficient (Wildman–Crippen LogP) is 3.66. The van der Waals surface area contributed by atoms with Gasteiger partial charge in [0.2, 0.25) is 0 Å². The van der Waals surface area contributed by atoms with Gasteiger partial charge in [-0.3, -0.25) is 14.5 Å². The molecule has 5 aliphatic rings. The topological polar surface area (TPSA) is 66.5 Å². The van der Waals surface area contributed by atoms with Crippen molar-refractivity contribution in [2.45, 2.75) is 83.6 Å². The standard InChI is InChI=1S/C21H32N2O3/c1-3-5-21(6-4-2)18(25)23(19(26)22-21)13-17(24)20-10-14-7-15(11-20)9-16(8-14)12-20/h14-16H,3-13H2,1-2H3,(H,22,26). The molecule has 1 aliphatic heterocycles. The van der Waals surface area contributed by atoms with Crippen LogP contribution in [0.15, 0.2) is 0 Å². The van der Waals surface area contributed by atoms with Crippen molar-refractivity contribution in [3.05, 3.63) is 0 Å². The zero-order valence-electron chi connectivity index (χ0n) is 16.2. The molecule has 4 bridgehead atoms. The number of hydrogen-bond acceptors (Lipinski definition) is 3. The number of ketones is 1. The molecule has 0 aromatic carbocycles. The Kier molecular flexibility index (Phi) is 4.39. The summed E-state index contributed by atoms with van der Waals surface area (Å²) >= 11 is 0. The first kappa shape index (κ1) is 18.0. The number of carbonyl (C=O) groups is 3. The van der Waals surface area contributed by atoms with Crippen molar-refractivity contribution < 1.29 is 14.4 Å². The van der Waals surface area contributed by atoms with Crippen molar-refractivity contribution in [1.82, 2.24) is 10.2 Å². The van der Waals surface area contributed by atoms with Gasteiger partial charge in [0, 0.05) is 5.41 Å². The highest BCUT2D eigenvalue weighted by molar-refractivity contribution is 6.09. The number of carbonyl (C=O) groups excluding carboxylic acids is 3. The highest BCUT2D eigenvalue weighted by Gasteiger charge is 2.56. The van der Waals surface area contributed by atoms with Crippen molar-refractivity contribution in [1.29, 1.82) is 0 Å². The maximum absolute atomic E-state index is 13.3. The number of hydrogen-bond donors (Lipinski definition) is 1. The van der Waals surface area contributed by atoms with Crippen LogP contribution in [0.2, 0.25) is 0 Å². The first-order valence-corrected chi connectivity index (χ1v) is 10.6. The van der Waals surface area contributed by atoms with Gasteiger partial charge in [-0.25, -0.2) is 4.79 Å². The molecule has 0 atom stereocenters. The second-order valence-electron chi connectivity index (χ2n) is 9.52. The van der Waals surface area contributed by atoms with E-state index in [1.165, 1.54) is 24.2 Å². The van der Waals surface area contributed by atoms with Crippen molar-refractivity contribution in [2.75, 3.05) is 6.54 Å². The maximum atomic E-state index is 13.3. The Morgan fingerprint density at radius 3 is 1.96 bits per heavy atom. The van der Waals surface area contributed by atoms with E-state index in [9.17, 15) is 14.4 Å². The smallest absolute Gasteiger partial charge is 0.323 e. The summed E-state index contributed by atoms with van der Waals surface area (Å²) in [7, 11) is 0. The van der Waals surface area contributed by atoms with Crippen LogP contribution in [0.4, 0.5) is 4.79 Å². The summed E-state index contributed by atoms with van der Waals surface area (Å²) in [4.78, 5) is 40.1. The number of imide groups is 1. The average molecular weight is 360 g/mol. The fourth-order valence-corrected chi connectivity index (χ4v) is 6.90. The van der Waals surface area contributed by atoms with Gasteiger partial charge in [0.15, 0.2) is 5.78 Å². The van der Waals surface area contributed by atoms with E-state index in [2.05, 4.69) is 5.32 Å². The predicted molar refractivity (Wildman–Crippen MR) is 98.4 cm³/mol. The molecule has 1 N–H and O–H groups in total. The Balaban J connectivity index is 1.51. The molecule has 1 saturated heterocycles. The highest BCUT2D eigenvalue weighted by Crippen LogP contribution is 2.60. The zero-order valence-corrected chi connectivity index (χ0v) is 16.2. The molecule has 0 aromatic rings. The lowest BCUT2D eigenvalue weighted by Crippen LogP contribution is -2.53. The van der Waals surface area contributed by atoms with Crippen molar-refractivity contribution >= 4 is 17.7 Å². The van der Waals surface area contributed by atoms with E-state index >= 15 is 0 Å². The van der Waals surface area contributed by atoms with Gasteiger partial charge in [-0.15, -0.1) is 0 Å². The van der Waals surface area contributed by atoms with Gasteiger partial charge >= 0.3 is 6.03 Å². The number of Topliss-reactive ketones (excluding diaryl/α,β-unsaturated/α-hetero) is 1. The summed E-state index contributed by atoms with van der Waals surface area (Å²) in [6.07, 6.45) is 9.76. The minimum atomic E-state index is -0.789. The van der Waals surface area contributed by atoms with Crippen LogP contribution in [-0.2, 0) is 9.59 Å². The second-order valence-corrected chi connectivity index (χ2v) is 9.52. The molecule has 5 fully saturated rings. The van der Waals surface area contributed by atoms with Crippen molar-refractivity contribution in [3.63, 3.8) is 0 Å². The van der Waals surface area contributed by atoms with Gasteiger partial charge in [0.1, 0.15) is 5.54 Å². The molecule has 3 amide bonds. The number of nitrogens with zero attached hydrogens (tertiary/aromatic N) is 1. The van der Waals surface area contributed by atoms with Gasteiger partial charge < -0.3 is 5.32 Å². The average Bonchev–Trinajstić information content (AvgIpc) is 2.78. The van der Waals surface area contributed by atoms with E-state index < -0.39 is 5.54 Å². The van der Waals surface area contributed by atoms with Crippen LogP contribution >= 0.6 is 0 Å². The zero-order chi connectivity index (χ0) is 18.5. The Bertz CT molecular complexity index is 585. The first-order valence-electron chi connectivity index (χ1n) is 10.6. The molecule has 5 nitrogen and oxygen atoms in total. The molecule has 0 aromatic heterocycles. The van der Waals surface area contributed by atoms with Gasteiger partial charge in [-0.2, -0.15) is 0 Å². The molecule has 144 valence electrons. The fraction of sp³-hybridized carbons (Fsp3) is 0.857. The first-order chi connectivity index (χ1) is 12.4. The quantitative estimate of drug-likeness (QED) is 0.705. The fourth-order valence-electron chi connectivity index (χ4n) is 6.90.